The Balaban J connectivity index is 3.31. The van der Waals surface area contributed by atoms with Gasteiger partial charge in [-0.2, -0.15) is 4.31 Å². The van der Waals surface area contributed by atoms with Gasteiger partial charge in [0.25, 0.3) is 0 Å². The van der Waals surface area contributed by atoms with Gasteiger partial charge in [-0.05, 0) is 18.2 Å². The van der Waals surface area contributed by atoms with Crippen LogP contribution in [0, 0.1) is 0 Å². The molecule has 0 fully saturated rings. The molecule has 0 atom stereocenters. The van der Waals surface area contributed by atoms with Crippen LogP contribution in [0.1, 0.15) is 0 Å². The van der Waals surface area contributed by atoms with Crippen LogP contribution in [0.25, 0.3) is 0 Å². The van der Waals surface area contributed by atoms with E-state index in [0.29, 0.717) is 0 Å². The van der Waals surface area contributed by atoms with Crippen molar-refractivity contribution in [1.82, 2.24) is 4.31 Å². The minimum Gasteiger partial charge on any atom is -0.225 e. The monoisotopic (exact) mass is 290 g/mol. The number of benzene rings is 1. The summed E-state index contributed by atoms with van der Waals surface area (Å²) in [5.41, 5.74) is 0. The first-order chi connectivity index (χ1) is 8.19. The molecule has 0 bridgehead atoms. The average molecular weight is 290 g/mol. The van der Waals surface area contributed by atoms with Crippen LogP contribution in [0.3, 0.4) is 0 Å². The van der Waals surface area contributed by atoms with Crippen molar-refractivity contribution in [3.8, 4) is 0 Å². The van der Waals surface area contributed by atoms with Crippen LogP contribution >= 0.6 is 0 Å². The van der Waals surface area contributed by atoms with Crippen LogP contribution in [-0.2, 0) is 20.0 Å². The van der Waals surface area contributed by atoms with Gasteiger partial charge in [0.05, 0.1) is 9.79 Å². The van der Waals surface area contributed by atoms with Crippen LogP contribution in [0.4, 0.5) is 0 Å². The summed E-state index contributed by atoms with van der Waals surface area (Å²) in [4.78, 5) is -0.367. The number of likely N-dealkylation sites (N-methyl/N-ethyl adjacent to an activating group) is 1. The molecule has 1 rings (SSSR count). The third kappa shape index (κ3) is 3.16. The maximum absolute atomic E-state index is 12.0. The van der Waals surface area contributed by atoms with Gasteiger partial charge in [-0.3, -0.25) is 0 Å². The molecule has 18 heavy (non-hydrogen) atoms. The molecule has 0 saturated heterocycles. The van der Waals surface area contributed by atoms with Gasteiger partial charge in [0.2, 0.25) is 20.0 Å². The number of hydrogen-bond donors (Lipinski definition) is 1. The van der Waals surface area contributed by atoms with Crippen LogP contribution in [0.2, 0.25) is 0 Å². The maximum Gasteiger partial charge on any atom is 0.243 e. The van der Waals surface area contributed by atoms with Gasteiger partial charge in [-0.25, -0.2) is 22.0 Å². The molecule has 0 aliphatic carbocycles. The third-order valence-corrected chi connectivity index (χ3v) is 4.96. The predicted molar refractivity (Wildman–Crippen MR) is 67.8 cm³/mol. The molecule has 0 aliphatic heterocycles. The second kappa shape index (κ2) is 5.19. The summed E-state index contributed by atoms with van der Waals surface area (Å²) < 4.78 is 47.5. The molecule has 2 N–H and O–H groups in total. The SMILES string of the molecule is C=CCN(C)S(=O)(=O)c1cccc(S(N)(=O)=O)c1. The summed E-state index contributed by atoms with van der Waals surface area (Å²) in [6, 6.07) is 4.91. The highest BCUT2D eigenvalue weighted by atomic mass is 32.2. The highest BCUT2D eigenvalue weighted by Crippen LogP contribution is 2.17. The molecular formula is C10H14N2O4S2. The van der Waals surface area contributed by atoms with E-state index in [2.05, 4.69) is 6.58 Å². The largest absolute Gasteiger partial charge is 0.243 e. The fourth-order valence-electron chi connectivity index (χ4n) is 1.27. The Hall–Kier alpha value is -1.22. The molecule has 0 unspecified atom stereocenters. The quantitative estimate of drug-likeness (QED) is 0.780. The summed E-state index contributed by atoms with van der Waals surface area (Å²) in [6.07, 6.45) is 1.43. The Bertz CT molecular complexity index is 650. The van der Waals surface area contributed by atoms with E-state index < -0.39 is 20.0 Å². The Morgan fingerprint density at radius 3 is 2.33 bits per heavy atom. The number of nitrogens with two attached hydrogens (primary N) is 1. The predicted octanol–water partition coefficient (Wildman–Crippen LogP) is 0.141. The molecule has 1 aromatic rings. The number of hydrogen-bond acceptors (Lipinski definition) is 4. The molecule has 0 saturated carbocycles. The van der Waals surface area contributed by atoms with E-state index in [1.165, 1.54) is 31.3 Å². The molecule has 1 aromatic carbocycles. The zero-order valence-corrected chi connectivity index (χ0v) is 11.4. The van der Waals surface area contributed by atoms with E-state index in [4.69, 9.17) is 5.14 Å². The van der Waals surface area contributed by atoms with Crippen molar-refractivity contribution in [3.63, 3.8) is 0 Å². The van der Waals surface area contributed by atoms with Crippen LogP contribution in [0.5, 0.6) is 0 Å². The van der Waals surface area contributed by atoms with Crippen molar-refractivity contribution in [1.29, 1.82) is 0 Å². The van der Waals surface area contributed by atoms with Crippen LogP contribution in [-0.4, -0.2) is 34.7 Å². The summed E-state index contributed by atoms with van der Waals surface area (Å²) in [6.45, 7) is 3.57. The van der Waals surface area contributed by atoms with Crippen molar-refractivity contribution < 1.29 is 16.8 Å². The summed E-state index contributed by atoms with van der Waals surface area (Å²) >= 11 is 0. The first kappa shape index (κ1) is 14.8. The fourth-order valence-corrected chi connectivity index (χ4v) is 3.09. The van der Waals surface area contributed by atoms with E-state index >= 15 is 0 Å². The summed E-state index contributed by atoms with van der Waals surface area (Å²) in [5.74, 6) is 0. The first-order valence-corrected chi connectivity index (χ1v) is 7.88. The van der Waals surface area contributed by atoms with Gasteiger partial charge in [-0.1, -0.05) is 12.1 Å². The summed E-state index contributed by atoms with van der Waals surface area (Å²) in [7, 11) is -6.29. The lowest BCUT2D eigenvalue weighted by atomic mass is 10.4. The zero-order chi connectivity index (χ0) is 14.0. The fraction of sp³-hybridized carbons (Fsp3) is 0.200. The van der Waals surface area contributed by atoms with E-state index in [1.54, 1.807) is 0 Å². The van der Waals surface area contributed by atoms with Gasteiger partial charge in [-0.15, -0.1) is 6.58 Å². The first-order valence-electron chi connectivity index (χ1n) is 4.89. The molecule has 0 spiro atoms. The van der Waals surface area contributed by atoms with E-state index in [-0.39, 0.29) is 16.3 Å². The van der Waals surface area contributed by atoms with E-state index in [9.17, 15) is 16.8 Å². The van der Waals surface area contributed by atoms with Gasteiger partial charge in [0, 0.05) is 13.6 Å². The van der Waals surface area contributed by atoms with Crippen molar-refractivity contribution >= 4 is 20.0 Å². The van der Waals surface area contributed by atoms with Gasteiger partial charge < -0.3 is 0 Å². The van der Waals surface area contributed by atoms with Crippen LogP contribution in [0.15, 0.2) is 46.7 Å². The van der Waals surface area contributed by atoms with E-state index in [1.807, 2.05) is 0 Å². The third-order valence-electron chi connectivity index (χ3n) is 2.23. The minimum atomic E-state index is -3.93. The van der Waals surface area contributed by atoms with Crippen molar-refractivity contribution in [2.24, 2.45) is 5.14 Å². The summed E-state index contributed by atoms with van der Waals surface area (Å²) in [5, 5.41) is 4.95. The zero-order valence-electron chi connectivity index (χ0n) is 9.78. The highest BCUT2D eigenvalue weighted by Gasteiger charge is 2.21. The minimum absolute atomic E-state index is 0.127. The highest BCUT2D eigenvalue weighted by molar-refractivity contribution is 7.90. The molecular weight excluding hydrogens is 276 g/mol. The van der Waals surface area contributed by atoms with Crippen molar-refractivity contribution in [2.45, 2.75) is 9.79 Å². The molecule has 0 radical (unpaired) electrons. The van der Waals surface area contributed by atoms with Gasteiger partial charge >= 0.3 is 0 Å². The molecule has 0 amide bonds. The topological polar surface area (TPSA) is 97.5 Å². The average Bonchev–Trinajstić information content (AvgIpc) is 2.28. The smallest absolute Gasteiger partial charge is 0.225 e. The lowest BCUT2D eigenvalue weighted by molar-refractivity contribution is 0.499. The molecule has 0 heterocycles. The lowest BCUT2D eigenvalue weighted by Crippen LogP contribution is -2.27. The normalized spacial score (nSPS) is 12.6. The molecule has 8 heteroatoms. The molecule has 0 aromatic heterocycles. The Morgan fingerprint density at radius 1 is 1.28 bits per heavy atom. The van der Waals surface area contributed by atoms with Crippen molar-refractivity contribution in [2.75, 3.05) is 13.6 Å². The Morgan fingerprint density at radius 2 is 1.83 bits per heavy atom. The second-order valence-corrected chi connectivity index (χ2v) is 7.20. The Kier molecular flexibility index (Phi) is 4.28. The molecule has 100 valence electrons. The number of primary sulfonamides is 1. The second-order valence-electron chi connectivity index (χ2n) is 3.59. The Labute approximate surface area is 107 Å². The van der Waals surface area contributed by atoms with Gasteiger partial charge in [0.15, 0.2) is 0 Å². The van der Waals surface area contributed by atoms with Crippen molar-refractivity contribution in [3.05, 3.63) is 36.9 Å². The number of nitrogens with zero attached hydrogens (tertiary/aromatic N) is 1. The molecule has 0 aliphatic rings. The van der Waals surface area contributed by atoms with Gasteiger partial charge in [0.1, 0.15) is 0 Å². The number of rotatable bonds is 5. The maximum atomic E-state index is 12.0. The lowest BCUT2D eigenvalue weighted by Gasteiger charge is -2.15. The number of sulfonamides is 2. The molecule has 6 nitrogen and oxygen atoms in total. The standard InChI is InChI=1S/C10H14N2O4S2/c1-3-7-12(2)18(15,16)10-6-4-5-9(8-10)17(11,13)14/h3-6,8H,1,7H2,2H3,(H2,11,13,14). The van der Waals surface area contributed by atoms with E-state index in [0.717, 1.165) is 10.4 Å². The van der Waals surface area contributed by atoms with Crippen LogP contribution < -0.4 is 5.14 Å².